The summed E-state index contributed by atoms with van der Waals surface area (Å²) in [6.45, 7) is 3.72. The van der Waals surface area contributed by atoms with Gasteiger partial charge in [-0.2, -0.15) is 24.6 Å². The second-order valence-electron chi connectivity index (χ2n) is 3.68. The third kappa shape index (κ3) is 8.09. The molecule has 4 heteroatoms. The van der Waals surface area contributed by atoms with Crippen molar-refractivity contribution in [2.24, 2.45) is 0 Å². The van der Waals surface area contributed by atoms with Gasteiger partial charge >= 0.3 is 24.8 Å². The minimum atomic E-state index is -0.906. The van der Waals surface area contributed by atoms with E-state index in [0.717, 1.165) is 5.56 Å². The number of carboxylic acid groups (broad SMARTS) is 1. The second-order valence-corrected chi connectivity index (χ2v) is 3.68. The Morgan fingerprint density at radius 1 is 1.05 bits per heavy atom. The van der Waals surface area contributed by atoms with Crippen LogP contribution in [0.5, 0.6) is 0 Å². The Balaban J connectivity index is 0.000000352. The van der Waals surface area contributed by atoms with Crippen LogP contribution in [0.3, 0.4) is 0 Å². The van der Waals surface area contributed by atoms with Crippen LogP contribution in [0, 0.1) is 12.7 Å². The Labute approximate surface area is 124 Å². The van der Waals surface area contributed by atoms with Crippen molar-refractivity contribution >= 4 is 5.97 Å². The van der Waals surface area contributed by atoms with Crippen molar-refractivity contribution < 1.29 is 33.2 Å². The van der Waals surface area contributed by atoms with E-state index in [-0.39, 0.29) is 31.1 Å². The van der Waals surface area contributed by atoms with Gasteiger partial charge < -0.3 is 5.11 Å². The molecule has 2 aromatic rings. The topological polar surface area (TPSA) is 37.3 Å². The van der Waals surface area contributed by atoms with Crippen LogP contribution < -0.4 is 18.9 Å². The molecule has 0 aliphatic heterocycles. The summed E-state index contributed by atoms with van der Waals surface area (Å²) in [7, 11) is 0. The van der Waals surface area contributed by atoms with E-state index in [1.807, 2.05) is 30.3 Å². The summed E-state index contributed by atoms with van der Waals surface area (Å²) in [5, 5.41) is 8.34. The molecule has 0 aliphatic carbocycles. The minimum absolute atomic E-state index is 0. The van der Waals surface area contributed by atoms with Crippen molar-refractivity contribution in [1.29, 1.82) is 0 Å². The predicted molar refractivity (Wildman–Crippen MR) is 68.6 cm³/mol. The molecule has 0 heterocycles. The van der Waals surface area contributed by atoms with Crippen molar-refractivity contribution in [2.75, 3.05) is 0 Å². The summed E-state index contributed by atoms with van der Waals surface area (Å²) in [6.07, 6.45) is -0.0553. The van der Waals surface area contributed by atoms with Crippen molar-refractivity contribution in [3.63, 3.8) is 0 Å². The van der Waals surface area contributed by atoms with Crippen molar-refractivity contribution in [3.8, 4) is 0 Å². The van der Waals surface area contributed by atoms with Crippen molar-refractivity contribution in [3.05, 3.63) is 78.5 Å². The molecule has 0 saturated carbocycles. The predicted octanol–water partition coefficient (Wildman–Crippen LogP) is 0.326. The van der Waals surface area contributed by atoms with Gasteiger partial charge in [-0.15, -0.1) is 12.1 Å². The van der Waals surface area contributed by atoms with E-state index in [9.17, 15) is 9.18 Å². The van der Waals surface area contributed by atoms with E-state index in [4.69, 9.17) is 5.11 Å². The molecular formula is C15H14FLiO2. The van der Waals surface area contributed by atoms with E-state index in [0.29, 0.717) is 5.56 Å². The molecule has 0 atom stereocenters. The van der Waals surface area contributed by atoms with E-state index >= 15 is 0 Å². The van der Waals surface area contributed by atoms with Crippen LogP contribution in [0.1, 0.15) is 11.1 Å². The normalized spacial score (nSPS) is 8.68. The first kappa shape index (κ1) is 17.3. The summed E-state index contributed by atoms with van der Waals surface area (Å²) < 4.78 is 12.3. The van der Waals surface area contributed by atoms with Crippen LogP contribution in [0.25, 0.3) is 0 Å². The largest absolute Gasteiger partial charge is 1.00 e. The maximum absolute atomic E-state index is 12.3. The summed E-state index contributed by atoms with van der Waals surface area (Å²) in [4.78, 5) is 10.2. The minimum Gasteiger partial charge on any atom is -0.481 e. The number of rotatable bonds is 2. The first-order chi connectivity index (χ1) is 8.58. The summed E-state index contributed by atoms with van der Waals surface area (Å²) in [6, 6.07) is 15.3. The molecule has 1 N–H and O–H groups in total. The van der Waals surface area contributed by atoms with Gasteiger partial charge in [-0.1, -0.05) is 18.2 Å². The summed E-state index contributed by atoms with van der Waals surface area (Å²) in [5.74, 6) is -1.25. The molecule has 2 rings (SSSR count). The Morgan fingerprint density at radius 3 is 1.95 bits per heavy atom. The van der Waals surface area contributed by atoms with E-state index in [1.54, 1.807) is 0 Å². The molecule has 0 unspecified atom stereocenters. The molecule has 19 heavy (non-hydrogen) atoms. The fourth-order valence-electron chi connectivity index (χ4n) is 1.25. The molecule has 0 saturated heterocycles. The molecule has 0 fully saturated rings. The number of carboxylic acids is 1. The van der Waals surface area contributed by atoms with Crippen LogP contribution >= 0.6 is 0 Å². The van der Waals surface area contributed by atoms with Gasteiger partial charge in [0.15, 0.2) is 0 Å². The summed E-state index contributed by atoms with van der Waals surface area (Å²) >= 11 is 0. The molecule has 0 radical (unpaired) electrons. The van der Waals surface area contributed by atoms with Gasteiger partial charge in [-0.3, -0.25) is 4.79 Å². The van der Waals surface area contributed by atoms with E-state index < -0.39 is 5.97 Å². The van der Waals surface area contributed by atoms with Crippen molar-refractivity contribution in [2.45, 2.75) is 6.42 Å². The zero-order chi connectivity index (χ0) is 13.4. The fourth-order valence-corrected chi connectivity index (χ4v) is 1.25. The summed E-state index contributed by atoms with van der Waals surface area (Å²) in [5.41, 5.74) is 1.68. The first-order valence-corrected chi connectivity index (χ1v) is 5.41. The quantitative estimate of drug-likeness (QED) is 0.617. The Kier molecular flexibility index (Phi) is 8.44. The number of hydrogen-bond donors (Lipinski definition) is 1. The maximum atomic E-state index is 12.3. The third-order valence-corrected chi connectivity index (χ3v) is 2.11. The zero-order valence-electron chi connectivity index (χ0n) is 10.8. The van der Waals surface area contributed by atoms with E-state index in [2.05, 4.69) is 6.92 Å². The monoisotopic (exact) mass is 252 g/mol. The second kappa shape index (κ2) is 9.27. The molecule has 0 aromatic heterocycles. The number of hydrogen-bond acceptors (Lipinski definition) is 1. The molecule has 0 bridgehead atoms. The van der Waals surface area contributed by atoms with Crippen LogP contribution in [0.2, 0.25) is 0 Å². The number of carbonyl (C=O) groups is 1. The molecule has 0 aliphatic rings. The third-order valence-electron chi connectivity index (χ3n) is 2.11. The number of benzene rings is 2. The molecule has 2 nitrogen and oxygen atoms in total. The zero-order valence-corrected chi connectivity index (χ0v) is 10.8. The average molecular weight is 252 g/mol. The van der Waals surface area contributed by atoms with Gasteiger partial charge in [0, 0.05) is 0 Å². The van der Waals surface area contributed by atoms with Gasteiger partial charge in [0.25, 0.3) is 0 Å². The van der Waals surface area contributed by atoms with Gasteiger partial charge in [-0.25, -0.2) is 4.39 Å². The maximum Gasteiger partial charge on any atom is 1.00 e. The van der Waals surface area contributed by atoms with Gasteiger partial charge in [0.2, 0.25) is 0 Å². The van der Waals surface area contributed by atoms with Crippen LogP contribution in [-0.2, 0) is 11.2 Å². The van der Waals surface area contributed by atoms with E-state index in [1.165, 1.54) is 24.3 Å². The molecular weight excluding hydrogens is 238 g/mol. The molecule has 0 spiro atoms. The standard InChI is InChI=1S/C8H7FO2.C7H7.Li/c9-7-3-1-6(2-4-7)5-8(10)11;1-7-5-3-2-4-6-7;/h1-4H,5H2,(H,10,11);2-6H,1H2;/q;-1;+1. The van der Waals surface area contributed by atoms with Crippen LogP contribution in [-0.4, -0.2) is 11.1 Å². The molecule has 2 aromatic carbocycles. The fraction of sp³-hybridized carbons (Fsp3) is 0.0667. The van der Waals surface area contributed by atoms with Gasteiger partial charge in [0.05, 0.1) is 6.42 Å². The molecule has 94 valence electrons. The number of halogens is 1. The van der Waals surface area contributed by atoms with Crippen LogP contribution in [0.4, 0.5) is 4.39 Å². The van der Waals surface area contributed by atoms with Crippen molar-refractivity contribution in [1.82, 2.24) is 0 Å². The van der Waals surface area contributed by atoms with Gasteiger partial charge in [-0.05, 0) is 17.7 Å². The Bertz CT molecular complexity index is 483. The Morgan fingerprint density at radius 2 is 1.58 bits per heavy atom. The Hall–Kier alpha value is -1.69. The average Bonchev–Trinajstić information content (AvgIpc) is 2.33. The van der Waals surface area contributed by atoms with Gasteiger partial charge in [0.1, 0.15) is 5.82 Å². The SMILES string of the molecule is O=C(O)Cc1ccc(F)cc1.[CH2-]c1ccccc1.[Li+]. The first-order valence-electron chi connectivity index (χ1n) is 5.41. The smallest absolute Gasteiger partial charge is 0.481 e. The number of aliphatic carboxylic acids is 1. The van der Waals surface area contributed by atoms with Crippen LogP contribution in [0.15, 0.2) is 54.6 Å². The molecule has 0 amide bonds.